The van der Waals surface area contributed by atoms with Gasteiger partial charge in [-0.15, -0.1) is 11.3 Å². The molecular weight excluding hydrogens is 246 g/mol. The molecular formula is C14H15NO2S. The highest BCUT2D eigenvalue weighted by atomic mass is 32.1. The molecule has 1 aromatic heterocycles. The lowest BCUT2D eigenvalue weighted by Gasteiger charge is -2.07. The van der Waals surface area contributed by atoms with Crippen LogP contribution in [-0.2, 0) is 12.8 Å². The van der Waals surface area contributed by atoms with Crippen molar-refractivity contribution in [3.05, 3.63) is 44.9 Å². The Hall–Kier alpha value is -1.68. The SMILES string of the molecule is Cc1cc(CCc2cnc(C=O)s2)cc(C)c1O. The number of aromatic nitrogens is 1. The highest BCUT2D eigenvalue weighted by Gasteiger charge is 2.05. The van der Waals surface area contributed by atoms with Gasteiger partial charge < -0.3 is 5.11 Å². The Morgan fingerprint density at radius 1 is 1.28 bits per heavy atom. The highest BCUT2D eigenvalue weighted by Crippen LogP contribution is 2.24. The minimum atomic E-state index is 0.375. The van der Waals surface area contributed by atoms with Crippen LogP contribution in [0.25, 0.3) is 0 Å². The van der Waals surface area contributed by atoms with Gasteiger partial charge in [-0.2, -0.15) is 0 Å². The van der Waals surface area contributed by atoms with Gasteiger partial charge in [0.15, 0.2) is 11.3 Å². The molecule has 0 fully saturated rings. The molecule has 0 aliphatic heterocycles. The lowest BCUT2D eigenvalue weighted by molar-refractivity contribution is 0.112. The van der Waals surface area contributed by atoms with Crippen LogP contribution in [0.15, 0.2) is 18.3 Å². The van der Waals surface area contributed by atoms with Crippen LogP contribution in [0, 0.1) is 13.8 Å². The van der Waals surface area contributed by atoms with E-state index in [4.69, 9.17) is 0 Å². The number of carbonyl (C=O) groups is 1. The van der Waals surface area contributed by atoms with E-state index >= 15 is 0 Å². The number of phenols is 1. The van der Waals surface area contributed by atoms with E-state index in [2.05, 4.69) is 4.98 Å². The third-order valence-electron chi connectivity index (χ3n) is 2.88. The van der Waals surface area contributed by atoms with Crippen molar-refractivity contribution in [2.75, 3.05) is 0 Å². The first-order valence-electron chi connectivity index (χ1n) is 5.79. The van der Waals surface area contributed by atoms with Gasteiger partial charge in [-0.1, -0.05) is 12.1 Å². The second kappa shape index (κ2) is 5.31. The van der Waals surface area contributed by atoms with Gasteiger partial charge in [0.25, 0.3) is 0 Å². The van der Waals surface area contributed by atoms with Crippen LogP contribution in [0.3, 0.4) is 0 Å². The number of hydrogen-bond acceptors (Lipinski definition) is 4. The highest BCUT2D eigenvalue weighted by molar-refractivity contribution is 7.13. The maximum atomic E-state index is 10.5. The molecule has 0 saturated heterocycles. The quantitative estimate of drug-likeness (QED) is 0.860. The molecule has 3 nitrogen and oxygen atoms in total. The number of aryl methyl sites for hydroxylation is 4. The fourth-order valence-corrected chi connectivity index (χ4v) is 2.68. The van der Waals surface area contributed by atoms with Gasteiger partial charge in [0.1, 0.15) is 5.75 Å². The first-order valence-corrected chi connectivity index (χ1v) is 6.61. The molecule has 0 spiro atoms. The van der Waals surface area contributed by atoms with Crippen LogP contribution in [0.1, 0.15) is 31.4 Å². The number of hydrogen-bond donors (Lipinski definition) is 1. The summed E-state index contributed by atoms with van der Waals surface area (Å²) < 4.78 is 0. The molecule has 0 radical (unpaired) electrons. The second-order valence-corrected chi connectivity index (χ2v) is 5.51. The fraction of sp³-hybridized carbons (Fsp3) is 0.286. The topological polar surface area (TPSA) is 50.2 Å². The Bertz CT molecular complexity index is 552. The normalized spacial score (nSPS) is 10.6. The molecule has 1 N–H and O–H groups in total. The van der Waals surface area contributed by atoms with E-state index in [0.29, 0.717) is 10.8 Å². The zero-order valence-electron chi connectivity index (χ0n) is 10.4. The predicted octanol–water partition coefficient (Wildman–Crippen LogP) is 3.06. The van der Waals surface area contributed by atoms with Gasteiger partial charge in [-0.3, -0.25) is 4.79 Å². The van der Waals surface area contributed by atoms with Crippen LogP contribution in [0.2, 0.25) is 0 Å². The van der Waals surface area contributed by atoms with Crippen LogP contribution in [-0.4, -0.2) is 16.4 Å². The van der Waals surface area contributed by atoms with Crippen molar-refractivity contribution < 1.29 is 9.90 Å². The lowest BCUT2D eigenvalue weighted by atomic mass is 10.0. The molecule has 0 unspecified atom stereocenters. The average molecular weight is 261 g/mol. The van der Waals surface area contributed by atoms with E-state index in [-0.39, 0.29) is 0 Å². The molecule has 0 atom stereocenters. The summed E-state index contributed by atoms with van der Waals surface area (Å²) in [5.41, 5.74) is 3.01. The van der Waals surface area contributed by atoms with Crippen molar-refractivity contribution in [3.8, 4) is 5.75 Å². The third-order valence-corrected chi connectivity index (χ3v) is 3.87. The number of phenolic OH excluding ortho intramolecular Hbond substituents is 1. The first-order chi connectivity index (χ1) is 8.60. The summed E-state index contributed by atoms with van der Waals surface area (Å²) in [5.74, 6) is 0.375. The van der Waals surface area contributed by atoms with Crippen molar-refractivity contribution in [2.24, 2.45) is 0 Å². The van der Waals surface area contributed by atoms with E-state index in [1.165, 1.54) is 16.9 Å². The number of thiazole rings is 1. The fourth-order valence-electron chi connectivity index (χ4n) is 1.95. The van der Waals surface area contributed by atoms with E-state index < -0.39 is 0 Å². The molecule has 4 heteroatoms. The molecule has 0 amide bonds. The second-order valence-electron chi connectivity index (χ2n) is 4.36. The Balaban J connectivity index is 2.08. The molecule has 0 bridgehead atoms. The van der Waals surface area contributed by atoms with Crippen LogP contribution in [0.5, 0.6) is 5.75 Å². The molecule has 1 aromatic carbocycles. The van der Waals surface area contributed by atoms with Crippen molar-refractivity contribution in [1.82, 2.24) is 4.98 Å². The molecule has 1 heterocycles. The number of nitrogens with zero attached hydrogens (tertiary/aromatic N) is 1. The third kappa shape index (κ3) is 2.76. The molecule has 18 heavy (non-hydrogen) atoms. The van der Waals surface area contributed by atoms with Crippen LogP contribution >= 0.6 is 11.3 Å². The van der Waals surface area contributed by atoms with Crippen LogP contribution in [0.4, 0.5) is 0 Å². The molecule has 0 aliphatic rings. The zero-order chi connectivity index (χ0) is 13.1. The zero-order valence-corrected chi connectivity index (χ0v) is 11.3. The number of carbonyl (C=O) groups excluding carboxylic acids is 1. The first kappa shape index (κ1) is 12.8. The molecule has 0 saturated carbocycles. The van der Waals surface area contributed by atoms with Crippen molar-refractivity contribution in [1.29, 1.82) is 0 Å². The van der Waals surface area contributed by atoms with Crippen molar-refractivity contribution >= 4 is 17.6 Å². The standard InChI is InChI=1S/C14H15NO2S/c1-9-5-11(6-10(2)14(9)17)3-4-12-7-15-13(8-16)18-12/h5-8,17H,3-4H2,1-2H3. The van der Waals surface area contributed by atoms with Gasteiger partial charge in [-0.25, -0.2) is 4.98 Å². The molecule has 2 rings (SSSR count). The summed E-state index contributed by atoms with van der Waals surface area (Å²) in [7, 11) is 0. The maximum Gasteiger partial charge on any atom is 0.178 e. The summed E-state index contributed by atoms with van der Waals surface area (Å²) in [6.07, 6.45) is 4.30. The van der Waals surface area contributed by atoms with Gasteiger partial charge in [0.2, 0.25) is 0 Å². The van der Waals surface area contributed by atoms with E-state index in [1.54, 1.807) is 6.20 Å². The Labute approximate surface area is 110 Å². The number of aldehydes is 1. The summed E-state index contributed by atoms with van der Waals surface area (Å²) in [6, 6.07) is 4.01. The van der Waals surface area contributed by atoms with E-state index in [0.717, 1.165) is 35.1 Å². The van der Waals surface area contributed by atoms with Crippen LogP contribution < -0.4 is 0 Å². The van der Waals surface area contributed by atoms with Gasteiger partial charge in [-0.05, 0) is 43.4 Å². The Morgan fingerprint density at radius 2 is 1.94 bits per heavy atom. The Kier molecular flexibility index (Phi) is 3.77. The number of benzene rings is 1. The minimum absolute atomic E-state index is 0.375. The maximum absolute atomic E-state index is 10.5. The Morgan fingerprint density at radius 3 is 2.50 bits per heavy atom. The van der Waals surface area contributed by atoms with E-state index in [1.807, 2.05) is 26.0 Å². The molecule has 0 aliphatic carbocycles. The minimum Gasteiger partial charge on any atom is -0.507 e. The summed E-state index contributed by atoms with van der Waals surface area (Å²) >= 11 is 1.44. The van der Waals surface area contributed by atoms with Gasteiger partial charge in [0, 0.05) is 11.1 Å². The summed E-state index contributed by atoms with van der Waals surface area (Å²) in [4.78, 5) is 15.7. The predicted molar refractivity (Wildman–Crippen MR) is 72.5 cm³/mol. The molecule has 94 valence electrons. The van der Waals surface area contributed by atoms with Gasteiger partial charge in [0.05, 0.1) is 0 Å². The van der Waals surface area contributed by atoms with Gasteiger partial charge >= 0.3 is 0 Å². The largest absolute Gasteiger partial charge is 0.507 e. The van der Waals surface area contributed by atoms with Crippen molar-refractivity contribution in [2.45, 2.75) is 26.7 Å². The summed E-state index contributed by atoms with van der Waals surface area (Å²) in [5, 5.41) is 10.2. The number of aromatic hydroxyl groups is 1. The van der Waals surface area contributed by atoms with E-state index in [9.17, 15) is 9.90 Å². The summed E-state index contributed by atoms with van der Waals surface area (Å²) in [6.45, 7) is 3.81. The molecule has 2 aromatic rings. The average Bonchev–Trinajstić information content (AvgIpc) is 2.81. The smallest absolute Gasteiger partial charge is 0.178 e. The van der Waals surface area contributed by atoms with Crippen molar-refractivity contribution in [3.63, 3.8) is 0 Å². The monoisotopic (exact) mass is 261 g/mol. The number of rotatable bonds is 4. The lowest BCUT2D eigenvalue weighted by Crippen LogP contribution is -1.92.